The van der Waals surface area contributed by atoms with Gasteiger partial charge in [0.05, 0.1) is 40.4 Å². The van der Waals surface area contributed by atoms with Gasteiger partial charge >= 0.3 is 0 Å². The van der Waals surface area contributed by atoms with E-state index in [4.69, 9.17) is 5.41 Å². The van der Waals surface area contributed by atoms with Crippen LogP contribution >= 0.6 is 23.1 Å². The summed E-state index contributed by atoms with van der Waals surface area (Å²) in [6.45, 7) is 5.64. The third-order valence-electron chi connectivity index (χ3n) is 6.24. The van der Waals surface area contributed by atoms with Crippen molar-refractivity contribution in [2.45, 2.75) is 50.6 Å². The van der Waals surface area contributed by atoms with Crippen LogP contribution in [0.25, 0.3) is 10.4 Å². The summed E-state index contributed by atoms with van der Waals surface area (Å²) in [6, 6.07) is -0.397. The number of hydrogen-bond donors (Lipinski definition) is 4. The molecule has 0 radical (unpaired) electrons. The Balaban J connectivity index is 1.69. The molecular formula is C21H27N5O5S2. The Kier molecular flexibility index (Phi) is 6.29. The molecule has 1 fully saturated rings. The summed E-state index contributed by atoms with van der Waals surface area (Å²) < 4.78 is 3.82. The normalized spacial score (nSPS) is 24.1. The van der Waals surface area contributed by atoms with Crippen molar-refractivity contribution in [1.82, 2.24) is 14.8 Å². The SMILES string of the molecule is CSc1c2sc(C3=C(C(=O)[O-])N4C(=O)[C@H]([C@@H](C)O)[C@H]4[C@H]3C)c[n+]2cn1C[C@H](O)CNC(C)=N. The van der Waals surface area contributed by atoms with Gasteiger partial charge in [-0.3, -0.25) is 10.2 Å². The summed E-state index contributed by atoms with van der Waals surface area (Å²) in [5, 5.41) is 43.5. The van der Waals surface area contributed by atoms with E-state index >= 15 is 0 Å². The third kappa shape index (κ3) is 3.84. The first kappa shape index (κ1) is 23.7. The average molecular weight is 494 g/mol. The van der Waals surface area contributed by atoms with E-state index in [0.29, 0.717) is 12.1 Å². The highest BCUT2D eigenvalue weighted by atomic mass is 32.2. The maximum atomic E-state index is 12.6. The van der Waals surface area contributed by atoms with E-state index in [-0.39, 0.29) is 29.9 Å². The smallest absolute Gasteiger partial charge is 0.250 e. The largest absolute Gasteiger partial charge is 0.543 e. The minimum Gasteiger partial charge on any atom is -0.543 e. The van der Waals surface area contributed by atoms with E-state index in [1.165, 1.54) is 28.0 Å². The number of imidazole rings is 1. The van der Waals surface area contributed by atoms with E-state index in [0.717, 1.165) is 14.7 Å². The van der Waals surface area contributed by atoms with Crippen LogP contribution in [0.2, 0.25) is 0 Å². The van der Waals surface area contributed by atoms with Crippen molar-refractivity contribution in [2.75, 3.05) is 12.8 Å². The van der Waals surface area contributed by atoms with Gasteiger partial charge in [-0.15, -0.1) is 0 Å². The van der Waals surface area contributed by atoms with Crippen LogP contribution in [-0.2, 0) is 16.1 Å². The van der Waals surface area contributed by atoms with Gasteiger partial charge in [0, 0.05) is 18.0 Å². The van der Waals surface area contributed by atoms with Crippen molar-refractivity contribution < 1.29 is 29.3 Å². The number of aliphatic hydroxyl groups is 2. The number of carboxylic acids is 1. The number of carboxylic acid groups (broad SMARTS) is 1. The molecule has 2 aliphatic rings. The number of carbonyl (C=O) groups is 2. The zero-order valence-corrected chi connectivity index (χ0v) is 20.4. The Labute approximate surface area is 199 Å². The maximum absolute atomic E-state index is 12.6. The number of amides is 1. The fraction of sp³-hybridized carbons (Fsp3) is 0.524. The van der Waals surface area contributed by atoms with Gasteiger partial charge in [-0.05, 0) is 20.1 Å². The molecule has 1 amide bonds. The highest BCUT2D eigenvalue weighted by Gasteiger charge is 2.59. The Bertz CT molecular complexity index is 1170. The number of thioether (sulfide) groups is 1. The second-order valence-corrected chi connectivity index (χ2v) is 10.4. The van der Waals surface area contributed by atoms with Crippen LogP contribution in [0.5, 0.6) is 0 Å². The molecule has 12 heteroatoms. The van der Waals surface area contributed by atoms with Crippen LogP contribution in [0.4, 0.5) is 0 Å². The van der Waals surface area contributed by atoms with Gasteiger partial charge in [-0.1, -0.05) is 30.0 Å². The Morgan fingerprint density at radius 1 is 1.45 bits per heavy atom. The molecule has 4 heterocycles. The molecule has 0 aliphatic carbocycles. The first-order chi connectivity index (χ1) is 15.6. The number of thiazole rings is 1. The number of aliphatic carboxylic acids is 1. The van der Waals surface area contributed by atoms with Crippen molar-refractivity contribution in [3.63, 3.8) is 0 Å². The zero-order valence-electron chi connectivity index (χ0n) is 18.7. The summed E-state index contributed by atoms with van der Waals surface area (Å²) in [7, 11) is 0. The van der Waals surface area contributed by atoms with Crippen LogP contribution < -0.4 is 14.8 Å². The molecule has 33 heavy (non-hydrogen) atoms. The van der Waals surface area contributed by atoms with Crippen LogP contribution in [0.3, 0.4) is 0 Å². The molecule has 4 rings (SSSR count). The van der Waals surface area contributed by atoms with Gasteiger partial charge in [-0.25, -0.2) is 4.57 Å². The van der Waals surface area contributed by atoms with Gasteiger partial charge in [0.1, 0.15) is 18.8 Å². The third-order valence-corrected chi connectivity index (χ3v) is 8.33. The number of nitrogens with zero attached hydrogens (tertiary/aromatic N) is 3. The van der Waals surface area contributed by atoms with E-state index in [1.807, 2.05) is 34.7 Å². The lowest BCUT2D eigenvalue weighted by molar-refractivity contribution is -0.508. The van der Waals surface area contributed by atoms with E-state index in [2.05, 4.69) is 5.32 Å². The Hall–Kier alpha value is -2.41. The molecule has 0 bridgehead atoms. The summed E-state index contributed by atoms with van der Waals surface area (Å²) in [6.07, 6.45) is 4.07. The molecule has 4 N–H and O–H groups in total. The number of fused-ring (bicyclic) bond motifs is 2. The van der Waals surface area contributed by atoms with E-state index in [1.54, 1.807) is 13.8 Å². The molecule has 2 aromatic heterocycles. The number of rotatable bonds is 8. The number of hydrogen-bond acceptors (Lipinski definition) is 8. The molecule has 2 aromatic rings. The molecule has 10 nitrogen and oxygen atoms in total. The highest BCUT2D eigenvalue weighted by molar-refractivity contribution is 7.98. The molecule has 0 aromatic carbocycles. The Morgan fingerprint density at radius 2 is 2.15 bits per heavy atom. The molecule has 178 valence electrons. The number of nitrogens with one attached hydrogen (secondary N) is 2. The zero-order chi connectivity index (χ0) is 24.2. The second kappa shape index (κ2) is 8.75. The van der Waals surface area contributed by atoms with Crippen molar-refractivity contribution >= 4 is 51.2 Å². The van der Waals surface area contributed by atoms with Crippen LogP contribution in [0.15, 0.2) is 23.2 Å². The van der Waals surface area contributed by atoms with Crippen LogP contribution in [0.1, 0.15) is 25.6 Å². The predicted octanol–water partition coefficient (Wildman–Crippen LogP) is -0.724. The van der Waals surface area contributed by atoms with E-state index < -0.39 is 30.1 Å². The summed E-state index contributed by atoms with van der Waals surface area (Å²) >= 11 is 2.94. The van der Waals surface area contributed by atoms with Gasteiger partial charge in [-0.2, -0.15) is 4.40 Å². The number of amidine groups is 1. The van der Waals surface area contributed by atoms with Crippen molar-refractivity contribution in [3.8, 4) is 0 Å². The van der Waals surface area contributed by atoms with Gasteiger partial charge in [0.15, 0.2) is 0 Å². The number of aliphatic hydroxyl groups excluding tert-OH is 2. The fourth-order valence-corrected chi connectivity index (χ4v) is 7.03. The quantitative estimate of drug-likeness (QED) is 0.125. The second-order valence-electron chi connectivity index (χ2n) is 8.55. The molecule has 0 unspecified atom stereocenters. The lowest BCUT2D eigenvalue weighted by Crippen LogP contribution is -2.64. The molecular weight excluding hydrogens is 466 g/mol. The fourth-order valence-electron chi connectivity index (χ4n) is 4.84. The Morgan fingerprint density at radius 3 is 2.73 bits per heavy atom. The van der Waals surface area contributed by atoms with Crippen molar-refractivity contribution in [1.29, 1.82) is 5.41 Å². The molecule has 1 saturated heterocycles. The summed E-state index contributed by atoms with van der Waals surface area (Å²) in [5.41, 5.74) is 0.440. The van der Waals surface area contributed by atoms with Crippen LogP contribution in [-0.4, -0.2) is 68.4 Å². The first-order valence-electron chi connectivity index (χ1n) is 10.6. The molecule has 0 saturated carbocycles. The molecule has 0 spiro atoms. The van der Waals surface area contributed by atoms with Crippen molar-refractivity contribution in [3.05, 3.63) is 23.1 Å². The number of aromatic nitrogens is 2. The summed E-state index contributed by atoms with van der Waals surface area (Å²) in [4.78, 5) is 27.5. The first-order valence-corrected chi connectivity index (χ1v) is 12.6. The van der Waals surface area contributed by atoms with Gasteiger partial charge in [0.2, 0.25) is 15.8 Å². The average Bonchev–Trinajstić information content (AvgIpc) is 3.33. The lowest BCUT2D eigenvalue weighted by atomic mass is 9.77. The van der Waals surface area contributed by atoms with Crippen molar-refractivity contribution in [2.24, 2.45) is 11.8 Å². The molecule has 5 atom stereocenters. The van der Waals surface area contributed by atoms with Crippen LogP contribution in [0, 0.1) is 17.2 Å². The minimum atomic E-state index is -1.40. The minimum absolute atomic E-state index is 0.110. The maximum Gasteiger partial charge on any atom is 0.250 e. The molecule has 2 aliphatic heterocycles. The lowest BCUT2D eigenvalue weighted by Gasteiger charge is -2.47. The number of β-lactam (4-membered cyclic amide) rings is 1. The van der Waals surface area contributed by atoms with Gasteiger partial charge in [0.25, 0.3) is 6.33 Å². The van der Waals surface area contributed by atoms with E-state index in [9.17, 15) is 24.9 Å². The monoisotopic (exact) mass is 493 g/mol. The number of carbonyl (C=O) groups excluding carboxylic acids is 2. The highest BCUT2D eigenvalue weighted by Crippen LogP contribution is 2.51. The predicted molar refractivity (Wildman–Crippen MR) is 122 cm³/mol. The summed E-state index contributed by atoms with van der Waals surface area (Å²) in [5.74, 6) is -2.38. The standard InChI is InChI=1S/C21H27N5O5S2/c1-9-14(17(21(30)31)26-16(9)15(10(2)27)18(26)29)13-7-25-8-24(19(32-4)20(25)33-13)6-12(28)5-23-11(3)22/h7-10,12,15-16,27-28H,5-6H2,1-4H3,(H2-,22,23,30,31)/t9-,10+,12+,15+,16+/m0/s1. The topological polar surface area (TPSA) is 146 Å². The van der Waals surface area contributed by atoms with Gasteiger partial charge < -0.3 is 30.3 Å².